The van der Waals surface area contributed by atoms with Crippen molar-refractivity contribution in [2.45, 2.75) is 51.4 Å². The van der Waals surface area contributed by atoms with Crippen LogP contribution in [0.5, 0.6) is 0 Å². The number of aliphatic hydroxyl groups is 1. The normalized spacial score (nSPS) is 19.1. The summed E-state index contributed by atoms with van der Waals surface area (Å²) in [6.07, 6.45) is 3.60. The van der Waals surface area contributed by atoms with E-state index in [9.17, 15) is 14.7 Å². The first kappa shape index (κ1) is 32.2. The number of carbonyl (C=O) groups excluding carboxylic acids is 2. The molecule has 210 valence electrons. The van der Waals surface area contributed by atoms with Crippen molar-refractivity contribution in [2.75, 3.05) is 13.7 Å². The number of benzene rings is 2. The number of ether oxygens (including phenoxy) is 1. The first-order valence-corrected chi connectivity index (χ1v) is 13.5. The number of amides is 1. The first-order chi connectivity index (χ1) is 19.5. The molecule has 6 rings (SSSR count). The number of tetrazole rings is 1. The van der Waals surface area contributed by atoms with Crippen molar-refractivity contribution >= 4 is 71.0 Å². The molecule has 0 saturated carbocycles. The second-order valence-corrected chi connectivity index (χ2v) is 10.3. The number of aliphatic hydroxyl groups excluding tert-OH is 1. The zero-order chi connectivity index (χ0) is 27.8. The van der Waals surface area contributed by atoms with E-state index in [0.717, 1.165) is 52.9 Å². The molecule has 3 aliphatic rings. The fourth-order valence-corrected chi connectivity index (χ4v) is 5.87. The van der Waals surface area contributed by atoms with E-state index >= 15 is 0 Å². The Kier molecular flexibility index (Phi) is 10.6. The van der Waals surface area contributed by atoms with Crippen molar-refractivity contribution in [3.63, 3.8) is 0 Å². The molecule has 1 amide bonds. The van der Waals surface area contributed by atoms with Crippen LogP contribution in [0.2, 0.25) is 0 Å². The van der Waals surface area contributed by atoms with Crippen LogP contribution < -0.4 is 5.32 Å². The molecule has 3 aromatic rings. The van der Waals surface area contributed by atoms with Gasteiger partial charge in [0.05, 0.1) is 31.6 Å². The van der Waals surface area contributed by atoms with Gasteiger partial charge in [-0.1, -0.05) is 61.9 Å². The van der Waals surface area contributed by atoms with Gasteiger partial charge in [-0.3, -0.25) is 4.79 Å². The van der Waals surface area contributed by atoms with Crippen LogP contribution in [0.15, 0.2) is 71.3 Å². The second-order valence-electron chi connectivity index (χ2n) is 10.3. The number of methoxy groups -OCH3 is 1. The third-order valence-corrected chi connectivity index (χ3v) is 7.92. The van der Waals surface area contributed by atoms with Gasteiger partial charge in [0.2, 0.25) is 0 Å². The molecule has 3 N–H and O–H groups in total. The summed E-state index contributed by atoms with van der Waals surface area (Å²) in [5.41, 5.74) is 5.91. The number of hydrogen-bond acceptors (Lipinski definition) is 9. The zero-order valence-electron chi connectivity index (χ0n) is 22.4. The van der Waals surface area contributed by atoms with E-state index in [-0.39, 0.29) is 76.6 Å². The van der Waals surface area contributed by atoms with Gasteiger partial charge in [-0.05, 0) is 40.0 Å². The zero-order valence-corrected chi connectivity index (χ0v) is 22.4. The van der Waals surface area contributed by atoms with Gasteiger partial charge in [-0.2, -0.15) is 0 Å². The van der Waals surface area contributed by atoms with Gasteiger partial charge in [0.15, 0.2) is 11.4 Å². The number of nitrogens with zero attached hydrogens (tertiary/aromatic N) is 5. The molecule has 0 saturated heterocycles. The number of rotatable bonds is 8. The Morgan fingerprint density at radius 2 is 1.86 bits per heavy atom. The Bertz CT molecular complexity index is 1510. The third kappa shape index (κ3) is 5.91. The Morgan fingerprint density at radius 3 is 2.52 bits per heavy atom. The van der Waals surface area contributed by atoms with Gasteiger partial charge >= 0.3 is 65.1 Å². The van der Waals surface area contributed by atoms with Crippen molar-refractivity contribution in [1.82, 2.24) is 35.7 Å². The molecular formula is C29H33N7Na2O4. The van der Waals surface area contributed by atoms with Gasteiger partial charge < -0.3 is 25.0 Å². The molecule has 2 aromatic carbocycles. The average Bonchev–Trinajstić information content (AvgIpc) is 3.69. The number of aromatic nitrogens is 4. The molecule has 0 spiro atoms. The quantitative estimate of drug-likeness (QED) is 0.205. The van der Waals surface area contributed by atoms with Crippen LogP contribution in [-0.4, -0.2) is 132 Å². The minimum absolute atomic E-state index is 0. The number of hydrogen-bond donors (Lipinski definition) is 3. The first-order valence-electron chi connectivity index (χ1n) is 13.5. The SMILES string of the molecule is CCCCC1NC2=C(CN3C(=O)C(C(=O)OC)=C(O)C3C2)N1Cc1ccc(-c2ccccc2-c2nnn[nH]2)cc1.[NaH].[NaH]. The molecule has 2 unspecified atom stereocenters. The molecule has 11 nitrogen and oxygen atoms in total. The third-order valence-electron chi connectivity index (χ3n) is 7.92. The number of unbranched alkanes of at least 4 members (excludes halogenated alkanes) is 1. The van der Waals surface area contributed by atoms with E-state index in [1.807, 2.05) is 24.3 Å². The van der Waals surface area contributed by atoms with Crippen LogP contribution in [0, 0.1) is 0 Å². The minimum atomic E-state index is -0.802. The van der Waals surface area contributed by atoms with Crippen LogP contribution in [-0.2, 0) is 20.9 Å². The molecular weight excluding hydrogens is 556 g/mol. The molecule has 0 fully saturated rings. The van der Waals surface area contributed by atoms with Gasteiger partial charge in [-0.25, -0.2) is 9.89 Å². The predicted octanol–water partition coefficient (Wildman–Crippen LogP) is 1.97. The van der Waals surface area contributed by atoms with Gasteiger partial charge in [-0.15, -0.1) is 5.10 Å². The summed E-state index contributed by atoms with van der Waals surface area (Å²) >= 11 is 0. The molecule has 0 radical (unpaired) electrons. The molecule has 1 aromatic heterocycles. The maximum absolute atomic E-state index is 13.1. The van der Waals surface area contributed by atoms with Crippen molar-refractivity contribution in [2.24, 2.45) is 0 Å². The maximum atomic E-state index is 13.1. The Morgan fingerprint density at radius 1 is 1.12 bits per heavy atom. The van der Waals surface area contributed by atoms with E-state index in [1.54, 1.807) is 4.90 Å². The predicted molar refractivity (Wildman–Crippen MR) is 160 cm³/mol. The molecule has 13 heteroatoms. The number of aromatic amines is 1. The monoisotopic (exact) mass is 589 g/mol. The summed E-state index contributed by atoms with van der Waals surface area (Å²) in [6, 6.07) is 15.9. The van der Waals surface area contributed by atoms with Crippen LogP contribution in [0.4, 0.5) is 0 Å². The van der Waals surface area contributed by atoms with Crippen molar-refractivity contribution in [3.05, 3.63) is 76.8 Å². The van der Waals surface area contributed by atoms with Crippen molar-refractivity contribution < 1.29 is 19.4 Å². The fourth-order valence-electron chi connectivity index (χ4n) is 5.87. The van der Waals surface area contributed by atoms with E-state index in [4.69, 9.17) is 4.74 Å². The molecule has 0 bridgehead atoms. The molecule has 4 heterocycles. The Labute approximate surface area is 288 Å². The molecule has 0 aliphatic carbocycles. The van der Waals surface area contributed by atoms with Gasteiger partial charge in [0.1, 0.15) is 5.76 Å². The van der Waals surface area contributed by atoms with Crippen molar-refractivity contribution in [1.29, 1.82) is 0 Å². The van der Waals surface area contributed by atoms with Crippen LogP contribution >= 0.6 is 0 Å². The summed E-state index contributed by atoms with van der Waals surface area (Å²) in [4.78, 5) is 29.2. The topological polar surface area (TPSA) is 137 Å². The Balaban J connectivity index is 0.00000202. The molecule has 3 aliphatic heterocycles. The summed E-state index contributed by atoms with van der Waals surface area (Å²) in [5.74, 6) is -0.874. The van der Waals surface area contributed by atoms with E-state index in [0.29, 0.717) is 25.3 Å². The van der Waals surface area contributed by atoms with Crippen LogP contribution in [0.3, 0.4) is 0 Å². The number of fused-ring (bicyclic) bond motifs is 1. The van der Waals surface area contributed by atoms with Gasteiger partial charge in [0, 0.05) is 24.2 Å². The Hall–Kier alpha value is -2.67. The fraction of sp³-hybridized carbons (Fsp3) is 0.345. The average molecular weight is 590 g/mol. The summed E-state index contributed by atoms with van der Waals surface area (Å²) in [5, 5.41) is 28.7. The van der Waals surface area contributed by atoms with E-state index in [2.05, 4.69) is 62.0 Å². The second kappa shape index (κ2) is 13.7. The van der Waals surface area contributed by atoms with Crippen LogP contribution in [0.25, 0.3) is 22.5 Å². The number of H-pyrrole nitrogens is 1. The molecule has 42 heavy (non-hydrogen) atoms. The number of esters is 1. The number of nitrogens with one attached hydrogen (secondary N) is 2. The van der Waals surface area contributed by atoms with Gasteiger partial charge in [0.25, 0.3) is 5.91 Å². The standard InChI is InChI=1S/C29H31N7O4.2Na.2H/c1-3-4-9-24-30-21-14-22-26(37)25(29(39)40-2)28(38)36(22)16-23(21)35(24)15-17-10-12-18(13-11-17)19-7-5-6-8-20(19)27-31-33-34-32-27;;;;/h5-8,10-13,22,24,30,37H,3-4,9,14-16H2,1-2H3,(H,31,32,33,34);;;;. The summed E-state index contributed by atoms with van der Waals surface area (Å²) in [6.45, 7) is 3.14. The number of carbonyl (C=O) groups is 2. The van der Waals surface area contributed by atoms with E-state index in [1.165, 1.54) is 7.11 Å². The summed E-state index contributed by atoms with van der Waals surface area (Å²) < 4.78 is 4.75. The van der Waals surface area contributed by atoms with Crippen molar-refractivity contribution in [3.8, 4) is 22.5 Å². The van der Waals surface area contributed by atoms with E-state index < -0.39 is 17.9 Å². The molecule has 2 atom stereocenters. The van der Waals surface area contributed by atoms with Crippen LogP contribution in [0.1, 0.15) is 38.2 Å². The summed E-state index contributed by atoms with van der Waals surface area (Å²) in [7, 11) is 1.21.